The van der Waals surface area contributed by atoms with Crippen LogP contribution in [0.5, 0.6) is 11.5 Å². The van der Waals surface area contributed by atoms with Gasteiger partial charge >= 0.3 is 5.79 Å². The molecular weight excluding hydrogens is 523 g/mol. The van der Waals surface area contributed by atoms with Crippen molar-refractivity contribution in [3.8, 4) is 11.5 Å². The Morgan fingerprint density at radius 3 is 2.17 bits per heavy atom. The predicted molar refractivity (Wildman–Crippen MR) is 126 cm³/mol. The van der Waals surface area contributed by atoms with E-state index in [1.807, 2.05) is 0 Å². The van der Waals surface area contributed by atoms with Crippen LogP contribution in [0.1, 0.15) is 21.5 Å². The Labute approximate surface area is 209 Å². The molecule has 3 aromatic rings. The van der Waals surface area contributed by atoms with Crippen LogP contribution in [0.15, 0.2) is 54.6 Å². The topological polar surface area (TPSA) is 72.9 Å². The van der Waals surface area contributed by atoms with Gasteiger partial charge in [0.1, 0.15) is 11.6 Å². The first kappa shape index (κ1) is 23.8. The molecule has 182 valence electrons. The van der Waals surface area contributed by atoms with Crippen LogP contribution in [0.2, 0.25) is 10.0 Å². The van der Waals surface area contributed by atoms with Gasteiger partial charge in [-0.1, -0.05) is 23.2 Å². The first-order chi connectivity index (χ1) is 16.6. The summed E-state index contributed by atoms with van der Waals surface area (Å²) in [5.74, 6) is -4.00. The van der Waals surface area contributed by atoms with Crippen LogP contribution in [-0.2, 0) is 15.6 Å². The van der Waals surface area contributed by atoms with E-state index in [1.54, 1.807) is 12.1 Å². The number of halogens is 4. The van der Waals surface area contributed by atoms with Gasteiger partial charge in [0, 0.05) is 29.7 Å². The van der Waals surface area contributed by atoms with Gasteiger partial charge in [-0.15, -0.1) is 0 Å². The van der Waals surface area contributed by atoms with Crippen LogP contribution >= 0.6 is 23.2 Å². The summed E-state index contributed by atoms with van der Waals surface area (Å²) in [5.41, 5.74) is 0.415. The molecule has 6 nitrogen and oxygen atoms in total. The van der Waals surface area contributed by atoms with Crippen molar-refractivity contribution in [3.05, 3.63) is 93.0 Å². The number of benzene rings is 3. The average molecular weight is 540 g/mol. The largest absolute Gasteiger partial charge is 0.440 e. The number of fused-ring (bicyclic) bond motifs is 1. The Bertz CT molecular complexity index is 1440. The van der Waals surface area contributed by atoms with Gasteiger partial charge in [-0.25, -0.2) is 17.2 Å². The summed E-state index contributed by atoms with van der Waals surface area (Å²) in [6.45, 7) is -0.0656. The van der Waals surface area contributed by atoms with E-state index in [2.05, 4.69) is 0 Å². The van der Waals surface area contributed by atoms with Gasteiger partial charge in [0.05, 0.1) is 27.7 Å². The molecule has 0 bridgehead atoms. The minimum absolute atomic E-state index is 0.00983. The smallest absolute Gasteiger partial charge is 0.307 e. The molecule has 3 aromatic carbocycles. The van der Waals surface area contributed by atoms with E-state index in [9.17, 15) is 17.6 Å². The molecule has 0 radical (unpaired) electrons. The highest BCUT2D eigenvalue weighted by atomic mass is 35.5. The van der Waals surface area contributed by atoms with Crippen LogP contribution in [0.25, 0.3) is 0 Å². The Hall–Kier alpha value is -2.88. The van der Waals surface area contributed by atoms with Crippen LogP contribution in [0.4, 0.5) is 8.78 Å². The summed E-state index contributed by atoms with van der Waals surface area (Å²) >= 11 is 12.5. The molecule has 5 rings (SSSR count). The molecular formula is C24H17Cl2F2NO5S. The molecule has 35 heavy (non-hydrogen) atoms. The number of ether oxygens (including phenoxy) is 2. The van der Waals surface area contributed by atoms with Crippen molar-refractivity contribution in [2.75, 3.05) is 24.6 Å². The number of sulfone groups is 1. The second-order valence-electron chi connectivity index (χ2n) is 8.17. The summed E-state index contributed by atoms with van der Waals surface area (Å²) < 4.78 is 64.4. The van der Waals surface area contributed by atoms with Crippen molar-refractivity contribution in [3.63, 3.8) is 0 Å². The van der Waals surface area contributed by atoms with Gasteiger partial charge < -0.3 is 14.4 Å². The molecule has 2 aliphatic rings. The Morgan fingerprint density at radius 2 is 1.54 bits per heavy atom. The zero-order chi connectivity index (χ0) is 25.0. The van der Waals surface area contributed by atoms with Crippen molar-refractivity contribution in [2.45, 2.75) is 5.79 Å². The fourth-order valence-electron chi connectivity index (χ4n) is 4.08. The third-order valence-corrected chi connectivity index (χ3v) is 8.07. The SMILES string of the molecule is O=C(c1cc2c(cc1F)OC(c1ccc(F)cc1)(c1ccc(Cl)cc1Cl)O2)N1CCS(=O)(=O)CC1. The summed E-state index contributed by atoms with van der Waals surface area (Å²) in [7, 11) is -3.22. The molecule has 2 heterocycles. The maximum Gasteiger partial charge on any atom is 0.307 e. The van der Waals surface area contributed by atoms with Crippen LogP contribution < -0.4 is 9.47 Å². The minimum atomic E-state index is -3.22. The van der Waals surface area contributed by atoms with Gasteiger partial charge in [0.25, 0.3) is 5.91 Å². The molecule has 1 fully saturated rings. The molecule has 0 spiro atoms. The Balaban J connectivity index is 1.56. The normalized spacial score (nSPS) is 20.6. The molecule has 0 saturated carbocycles. The van der Waals surface area contributed by atoms with Gasteiger partial charge in [0.15, 0.2) is 21.3 Å². The highest BCUT2D eigenvalue weighted by molar-refractivity contribution is 7.91. The fourth-order valence-corrected chi connectivity index (χ4v) is 5.82. The highest BCUT2D eigenvalue weighted by Gasteiger charge is 2.47. The van der Waals surface area contributed by atoms with E-state index in [-0.39, 0.29) is 46.7 Å². The fraction of sp³-hybridized carbons (Fsp3) is 0.208. The summed E-state index contributed by atoms with van der Waals surface area (Å²) in [5, 5.41) is 0.562. The quantitative estimate of drug-likeness (QED) is 0.477. The van der Waals surface area contributed by atoms with Crippen molar-refractivity contribution < 1.29 is 31.5 Å². The predicted octanol–water partition coefficient (Wildman–Crippen LogP) is 4.81. The molecule has 1 atom stereocenters. The van der Waals surface area contributed by atoms with Crippen molar-refractivity contribution in [1.82, 2.24) is 4.90 Å². The second kappa shape index (κ2) is 8.65. The van der Waals surface area contributed by atoms with Crippen LogP contribution in [-0.4, -0.2) is 43.8 Å². The third kappa shape index (κ3) is 4.32. The third-order valence-electron chi connectivity index (χ3n) is 5.91. The summed E-state index contributed by atoms with van der Waals surface area (Å²) in [6.07, 6.45) is 0. The molecule has 1 unspecified atom stereocenters. The molecule has 1 amide bonds. The number of nitrogens with zero attached hydrogens (tertiary/aromatic N) is 1. The molecule has 0 N–H and O–H groups in total. The monoisotopic (exact) mass is 539 g/mol. The highest BCUT2D eigenvalue weighted by Crippen LogP contribution is 2.50. The van der Waals surface area contributed by atoms with Crippen LogP contribution in [0.3, 0.4) is 0 Å². The van der Waals surface area contributed by atoms with Crippen LogP contribution in [0, 0.1) is 11.6 Å². The zero-order valence-electron chi connectivity index (χ0n) is 17.9. The van der Waals surface area contributed by atoms with Crippen molar-refractivity contribution in [2.24, 2.45) is 0 Å². The standard InChI is InChI=1S/C24H17Cl2F2NO5S/c25-15-3-6-18(19(26)11-15)24(14-1-4-16(27)5-2-14)33-21-12-17(20(28)13-22(21)34-24)23(30)29-7-9-35(31,32)10-8-29/h1-6,11-13H,7-10H2. The molecule has 0 aromatic heterocycles. The number of carbonyl (C=O) groups excluding carboxylic acids is 1. The first-order valence-corrected chi connectivity index (χ1v) is 13.1. The Morgan fingerprint density at radius 1 is 0.914 bits per heavy atom. The lowest BCUT2D eigenvalue weighted by Crippen LogP contribution is -2.44. The van der Waals surface area contributed by atoms with Crippen molar-refractivity contribution in [1.29, 1.82) is 0 Å². The number of hydrogen-bond donors (Lipinski definition) is 0. The summed E-state index contributed by atoms with van der Waals surface area (Å²) in [6, 6.07) is 12.2. The lowest BCUT2D eigenvalue weighted by Gasteiger charge is -2.29. The average Bonchev–Trinajstić information content (AvgIpc) is 3.17. The van der Waals surface area contributed by atoms with E-state index < -0.39 is 33.2 Å². The maximum absolute atomic E-state index is 15.0. The van der Waals surface area contributed by atoms with Crippen molar-refractivity contribution >= 4 is 38.9 Å². The van der Waals surface area contributed by atoms with Gasteiger partial charge in [0.2, 0.25) is 0 Å². The molecule has 1 saturated heterocycles. The van der Waals surface area contributed by atoms with E-state index in [0.717, 1.165) is 6.07 Å². The van der Waals surface area contributed by atoms with E-state index in [0.29, 0.717) is 16.1 Å². The van der Waals surface area contributed by atoms with E-state index in [1.165, 1.54) is 41.3 Å². The maximum atomic E-state index is 15.0. The van der Waals surface area contributed by atoms with Gasteiger partial charge in [-0.3, -0.25) is 4.79 Å². The lowest BCUT2D eigenvalue weighted by molar-refractivity contribution is -0.0459. The molecule has 2 aliphatic heterocycles. The molecule has 0 aliphatic carbocycles. The van der Waals surface area contributed by atoms with E-state index in [4.69, 9.17) is 32.7 Å². The summed E-state index contributed by atoms with van der Waals surface area (Å²) in [4.78, 5) is 14.3. The second-order valence-corrected chi connectivity index (χ2v) is 11.3. The van der Waals surface area contributed by atoms with E-state index >= 15 is 4.39 Å². The van der Waals surface area contributed by atoms with Gasteiger partial charge in [-0.2, -0.15) is 0 Å². The number of carbonyl (C=O) groups is 1. The Kier molecular flexibility index (Phi) is 5.89. The number of rotatable bonds is 3. The zero-order valence-corrected chi connectivity index (χ0v) is 20.3. The number of amides is 1. The number of hydrogen-bond acceptors (Lipinski definition) is 5. The first-order valence-electron chi connectivity index (χ1n) is 10.5. The minimum Gasteiger partial charge on any atom is -0.440 e. The molecule has 11 heteroatoms. The van der Waals surface area contributed by atoms with Gasteiger partial charge in [-0.05, 0) is 48.5 Å². The lowest BCUT2D eigenvalue weighted by atomic mass is 9.97.